The van der Waals surface area contributed by atoms with Gasteiger partial charge in [0.1, 0.15) is 5.69 Å². The molecule has 3 aromatic carbocycles. The monoisotopic (exact) mass is 551 g/mol. The van der Waals surface area contributed by atoms with Crippen LogP contribution in [0.2, 0.25) is 0 Å². The first kappa shape index (κ1) is 24.5. The van der Waals surface area contributed by atoms with Gasteiger partial charge in [-0.25, -0.2) is 23.2 Å². The summed E-state index contributed by atoms with van der Waals surface area (Å²) in [6.45, 7) is 1.41. The van der Waals surface area contributed by atoms with Crippen molar-refractivity contribution in [2.75, 3.05) is 6.54 Å². The number of nitrogens with zero attached hydrogens (tertiary/aromatic N) is 3. The lowest BCUT2D eigenvalue weighted by Gasteiger charge is -2.06. The van der Waals surface area contributed by atoms with Crippen molar-refractivity contribution < 1.29 is 13.2 Å². The molecule has 0 fully saturated rings. The van der Waals surface area contributed by atoms with E-state index in [2.05, 4.69) is 31.2 Å². The molecule has 0 saturated heterocycles. The van der Waals surface area contributed by atoms with Crippen LogP contribution in [0.25, 0.3) is 16.9 Å². The first-order valence-electron chi connectivity index (χ1n) is 10.6. The maximum atomic E-state index is 12.4. The highest BCUT2D eigenvalue weighted by atomic mass is 79.9. The Morgan fingerprint density at radius 1 is 1.03 bits per heavy atom. The van der Waals surface area contributed by atoms with Gasteiger partial charge >= 0.3 is 0 Å². The molecule has 0 saturated carbocycles. The molecule has 1 amide bonds. The zero-order valence-electron chi connectivity index (χ0n) is 18.7. The molecule has 0 aliphatic rings. The second-order valence-electron chi connectivity index (χ2n) is 7.65. The van der Waals surface area contributed by atoms with Crippen molar-refractivity contribution >= 4 is 38.1 Å². The van der Waals surface area contributed by atoms with Gasteiger partial charge < -0.3 is 0 Å². The van der Waals surface area contributed by atoms with Crippen LogP contribution in [-0.2, 0) is 14.8 Å². The molecule has 0 atom stereocenters. The minimum Gasteiger partial charge on any atom is -0.272 e. The number of carbonyl (C=O) groups excluding carboxylic acids is 1. The van der Waals surface area contributed by atoms with E-state index in [0.717, 1.165) is 21.3 Å². The van der Waals surface area contributed by atoms with Crippen molar-refractivity contribution in [3.05, 3.63) is 101 Å². The van der Waals surface area contributed by atoms with Crippen molar-refractivity contribution in [3.8, 4) is 16.9 Å². The van der Waals surface area contributed by atoms with Crippen LogP contribution in [0.5, 0.6) is 0 Å². The van der Waals surface area contributed by atoms with Gasteiger partial charge in [-0.1, -0.05) is 64.0 Å². The van der Waals surface area contributed by atoms with E-state index in [-0.39, 0.29) is 4.90 Å². The third kappa shape index (κ3) is 6.30. The number of hydrogen-bond donors (Lipinski definition) is 2. The Labute approximate surface area is 211 Å². The van der Waals surface area contributed by atoms with Gasteiger partial charge in [-0.05, 0) is 43.3 Å². The number of hydrogen-bond acceptors (Lipinski definition) is 5. The lowest BCUT2D eigenvalue weighted by molar-refractivity contribution is -0.119. The van der Waals surface area contributed by atoms with E-state index in [1.165, 1.54) is 18.3 Å². The van der Waals surface area contributed by atoms with Crippen LogP contribution in [0.15, 0.2) is 99.5 Å². The summed E-state index contributed by atoms with van der Waals surface area (Å²) in [4.78, 5) is 12.3. The fraction of sp³-hybridized carbons (Fsp3) is 0.0800. The Morgan fingerprint density at radius 3 is 2.40 bits per heavy atom. The number of para-hydroxylation sites is 1. The number of rotatable bonds is 8. The number of hydrazone groups is 1. The smallest absolute Gasteiger partial charge is 0.255 e. The molecule has 2 N–H and O–H groups in total. The quantitative estimate of drug-likeness (QED) is 0.254. The summed E-state index contributed by atoms with van der Waals surface area (Å²) in [7, 11) is -3.80. The van der Waals surface area contributed by atoms with Gasteiger partial charge in [0.05, 0.1) is 23.3 Å². The summed E-state index contributed by atoms with van der Waals surface area (Å²) < 4.78 is 29.7. The van der Waals surface area contributed by atoms with Crippen LogP contribution in [0.1, 0.15) is 11.1 Å². The van der Waals surface area contributed by atoms with E-state index >= 15 is 0 Å². The molecule has 0 unspecified atom stereocenters. The minimum absolute atomic E-state index is 0.0897. The fourth-order valence-corrected chi connectivity index (χ4v) is 4.45. The molecule has 178 valence electrons. The average molecular weight is 552 g/mol. The maximum Gasteiger partial charge on any atom is 0.255 e. The van der Waals surface area contributed by atoms with Crippen LogP contribution >= 0.6 is 15.9 Å². The standard InChI is InChI=1S/C25H22BrN5O3S/c1-18-7-13-23(14-8-18)35(33,34)28-16-24(32)29-27-15-20-17-31(22-5-3-2-4-6-22)30-25(20)19-9-11-21(26)12-10-19/h2-15,17,28H,16H2,1H3,(H,29,32)/b27-15-. The largest absolute Gasteiger partial charge is 0.272 e. The molecule has 0 radical (unpaired) electrons. The molecule has 0 bridgehead atoms. The predicted molar refractivity (Wildman–Crippen MR) is 139 cm³/mol. The number of benzene rings is 3. The molecule has 10 heteroatoms. The van der Waals surface area contributed by atoms with Crippen molar-refractivity contribution in [2.45, 2.75) is 11.8 Å². The number of halogens is 1. The van der Waals surface area contributed by atoms with Gasteiger partial charge in [0.25, 0.3) is 5.91 Å². The third-order valence-electron chi connectivity index (χ3n) is 5.03. The first-order chi connectivity index (χ1) is 16.8. The van der Waals surface area contributed by atoms with Crippen LogP contribution in [0.3, 0.4) is 0 Å². The number of nitrogens with one attached hydrogen (secondary N) is 2. The van der Waals surface area contributed by atoms with Gasteiger partial charge in [-0.2, -0.15) is 10.2 Å². The second-order valence-corrected chi connectivity index (χ2v) is 10.3. The summed E-state index contributed by atoms with van der Waals surface area (Å²) in [6.07, 6.45) is 3.29. The number of aromatic nitrogens is 2. The lowest BCUT2D eigenvalue weighted by Crippen LogP contribution is -2.34. The van der Waals surface area contributed by atoms with Crippen LogP contribution in [0, 0.1) is 6.92 Å². The molecular weight excluding hydrogens is 530 g/mol. The van der Waals surface area contributed by atoms with Crippen LogP contribution < -0.4 is 10.1 Å². The van der Waals surface area contributed by atoms with E-state index in [1.807, 2.05) is 67.7 Å². The van der Waals surface area contributed by atoms with Gasteiger partial charge in [-0.15, -0.1) is 0 Å². The molecule has 35 heavy (non-hydrogen) atoms. The van der Waals surface area contributed by atoms with Gasteiger partial charge in [0.15, 0.2) is 0 Å². The highest BCUT2D eigenvalue weighted by Crippen LogP contribution is 2.24. The normalized spacial score (nSPS) is 11.6. The molecule has 0 spiro atoms. The summed E-state index contributed by atoms with van der Waals surface area (Å²) in [6, 6.07) is 23.7. The Kier molecular flexibility index (Phi) is 7.54. The zero-order valence-corrected chi connectivity index (χ0v) is 21.1. The number of amides is 1. The maximum absolute atomic E-state index is 12.4. The van der Waals surface area contributed by atoms with Gasteiger partial charge in [0, 0.05) is 21.8 Å². The van der Waals surface area contributed by atoms with Gasteiger partial charge in [-0.3, -0.25) is 4.79 Å². The van der Waals surface area contributed by atoms with E-state index in [0.29, 0.717) is 11.3 Å². The number of carbonyl (C=O) groups is 1. The number of sulfonamides is 1. The Bertz CT molecular complexity index is 1450. The van der Waals surface area contributed by atoms with Crippen molar-refractivity contribution in [3.63, 3.8) is 0 Å². The van der Waals surface area contributed by atoms with Crippen LogP contribution in [0.4, 0.5) is 0 Å². The van der Waals surface area contributed by atoms with Crippen LogP contribution in [-0.4, -0.2) is 36.9 Å². The van der Waals surface area contributed by atoms with Crippen molar-refractivity contribution in [1.29, 1.82) is 0 Å². The SMILES string of the molecule is Cc1ccc(S(=O)(=O)NCC(=O)N/N=C\c2cn(-c3ccccc3)nc2-c2ccc(Br)cc2)cc1. The van der Waals surface area contributed by atoms with E-state index in [9.17, 15) is 13.2 Å². The summed E-state index contributed by atoms with van der Waals surface area (Å²) >= 11 is 3.43. The van der Waals surface area contributed by atoms with E-state index < -0.39 is 22.5 Å². The summed E-state index contributed by atoms with van der Waals surface area (Å²) in [5, 5.41) is 8.71. The molecule has 8 nitrogen and oxygen atoms in total. The highest BCUT2D eigenvalue weighted by Gasteiger charge is 2.15. The molecule has 4 aromatic rings. The Hall–Kier alpha value is -3.60. The van der Waals surface area contributed by atoms with E-state index in [1.54, 1.807) is 16.8 Å². The van der Waals surface area contributed by atoms with E-state index in [4.69, 9.17) is 5.10 Å². The first-order valence-corrected chi connectivity index (χ1v) is 12.9. The molecule has 1 heterocycles. The Morgan fingerprint density at radius 2 is 1.71 bits per heavy atom. The third-order valence-corrected chi connectivity index (χ3v) is 6.97. The fourth-order valence-electron chi connectivity index (χ4n) is 3.20. The van der Waals surface area contributed by atoms with Gasteiger partial charge in [0.2, 0.25) is 10.0 Å². The summed E-state index contributed by atoms with van der Waals surface area (Å²) in [5.41, 5.74) is 6.41. The molecule has 1 aromatic heterocycles. The lowest BCUT2D eigenvalue weighted by atomic mass is 10.1. The molecule has 4 rings (SSSR count). The van der Waals surface area contributed by atoms with Crippen molar-refractivity contribution in [1.82, 2.24) is 19.9 Å². The number of aryl methyl sites for hydroxylation is 1. The second kappa shape index (κ2) is 10.8. The topological polar surface area (TPSA) is 105 Å². The average Bonchev–Trinajstić information content (AvgIpc) is 3.28. The zero-order chi connectivity index (χ0) is 24.8. The molecular formula is C25H22BrN5O3S. The highest BCUT2D eigenvalue weighted by molar-refractivity contribution is 9.10. The summed E-state index contributed by atoms with van der Waals surface area (Å²) in [5.74, 6) is -0.599. The minimum atomic E-state index is -3.80. The molecule has 0 aliphatic carbocycles. The Balaban J connectivity index is 1.47. The van der Waals surface area contributed by atoms with Crippen molar-refractivity contribution in [2.24, 2.45) is 5.10 Å². The molecule has 0 aliphatic heterocycles. The predicted octanol–water partition coefficient (Wildman–Crippen LogP) is 4.04.